The number of aldehydes is 3. The van der Waals surface area contributed by atoms with Gasteiger partial charge in [-0.2, -0.15) is 0 Å². The highest BCUT2D eigenvalue weighted by Gasteiger charge is 2.24. The second-order valence-corrected chi connectivity index (χ2v) is 5.60. The molecule has 0 rings (SSSR count). The molecule has 0 heterocycles. The Bertz CT molecular complexity index is 374. The van der Waals surface area contributed by atoms with Crippen molar-refractivity contribution in [3.63, 3.8) is 0 Å². The molecule has 15 nitrogen and oxygen atoms in total. The molecule has 0 saturated carbocycles. The van der Waals surface area contributed by atoms with Gasteiger partial charge in [0.25, 0.3) is 0 Å². The van der Waals surface area contributed by atoms with Crippen LogP contribution in [0.5, 0.6) is 0 Å². The van der Waals surface area contributed by atoms with E-state index in [9.17, 15) is 14.4 Å². The number of rotatable bonds is 12. The predicted octanol–water partition coefficient (Wildman–Crippen LogP) is -8.22. The van der Waals surface area contributed by atoms with E-state index >= 15 is 0 Å². The van der Waals surface area contributed by atoms with Gasteiger partial charge in [-0.15, -0.1) is 0 Å². The summed E-state index contributed by atoms with van der Waals surface area (Å²) in [5.74, 6) is 0. The maximum absolute atomic E-state index is 9.76. The van der Waals surface area contributed by atoms with Crippen LogP contribution in [0.4, 0.5) is 0 Å². The third-order valence-corrected chi connectivity index (χ3v) is 3.21. The van der Waals surface area contributed by atoms with Gasteiger partial charge in [0.1, 0.15) is 54.9 Å². The lowest BCUT2D eigenvalue weighted by Gasteiger charge is -2.16. The predicted molar refractivity (Wildman–Crippen MR) is 93.5 cm³/mol. The lowest BCUT2D eigenvalue weighted by molar-refractivity contribution is -0.128. The highest BCUT2D eigenvalue weighted by Crippen LogP contribution is 1.97. The number of hydrogen-bond donors (Lipinski definition) is 12. The van der Waals surface area contributed by atoms with Crippen LogP contribution in [0, 0.1) is 0 Å². The van der Waals surface area contributed by atoms with E-state index in [4.69, 9.17) is 61.3 Å². The number of hydrogen-bond acceptors (Lipinski definition) is 15. The Labute approximate surface area is 170 Å². The van der Waals surface area contributed by atoms with Crippen molar-refractivity contribution in [2.75, 3.05) is 19.8 Å². The van der Waals surface area contributed by atoms with Crippen molar-refractivity contribution in [3.05, 3.63) is 0 Å². The van der Waals surface area contributed by atoms with Crippen LogP contribution in [0.3, 0.4) is 0 Å². The molecular weight excluding hydrogens is 420 g/mol. The minimum absolute atomic E-state index is 0.0869. The van der Waals surface area contributed by atoms with Crippen LogP contribution < -0.4 is 0 Å². The summed E-state index contributed by atoms with van der Waals surface area (Å²) in [5.41, 5.74) is 0. The maximum atomic E-state index is 9.76. The number of carbonyl (C=O) groups excluding carboxylic acids is 3. The molecule has 0 aromatic carbocycles. The highest BCUT2D eigenvalue weighted by atomic mass is 16.4. The van der Waals surface area contributed by atoms with Gasteiger partial charge in [0, 0.05) is 0 Å². The third-order valence-electron chi connectivity index (χ3n) is 3.21. The van der Waals surface area contributed by atoms with E-state index < -0.39 is 74.8 Å². The van der Waals surface area contributed by atoms with Crippen LogP contribution in [-0.2, 0) is 14.4 Å². The van der Waals surface area contributed by atoms with E-state index in [-0.39, 0.29) is 18.9 Å². The van der Waals surface area contributed by atoms with Crippen molar-refractivity contribution in [2.45, 2.75) is 54.9 Å². The summed E-state index contributed by atoms with van der Waals surface area (Å²) in [6.07, 6.45) is -13.9. The summed E-state index contributed by atoms with van der Waals surface area (Å²) in [5, 5.41) is 102. The van der Waals surface area contributed by atoms with E-state index in [0.717, 1.165) is 0 Å². The molecule has 12 N–H and O–H groups in total. The Kier molecular flexibility index (Phi) is 21.6. The summed E-state index contributed by atoms with van der Waals surface area (Å²) in [6.45, 7) is -2.07. The van der Waals surface area contributed by atoms with Gasteiger partial charge in [0.15, 0.2) is 18.9 Å². The summed E-state index contributed by atoms with van der Waals surface area (Å²) < 4.78 is 0. The quantitative estimate of drug-likeness (QED) is 0.123. The first-order valence-corrected chi connectivity index (χ1v) is 8.20. The molecule has 30 heavy (non-hydrogen) atoms. The van der Waals surface area contributed by atoms with Crippen molar-refractivity contribution >= 4 is 18.9 Å². The smallest absolute Gasteiger partial charge is 0.151 e. The summed E-state index contributed by atoms with van der Waals surface area (Å²) in [4.78, 5) is 29.3. The zero-order valence-electron chi connectivity index (χ0n) is 15.6. The third kappa shape index (κ3) is 14.5. The molecule has 0 radical (unpaired) electrons. The largest absolute Gasteiger partial charge is 0.394 e. The van der Waals surface area contributed by atoms with Crippen LogP contribution in [0.2, 0.25) is 0 Å². The molecule has 0 aliphatic rings. The van der Waals surface area contributed by atoms with E-state index in [1.165, 1.54) is 0 Å². The van der Waals surface area contributed by atoms with Gasteiger partial charge in [-0.05, 0) is 0 Å². The van der Waals surface area contributed by atoms with Gasteiger partial charge in [-0.3, -0.25) is 0 Å². The van der Waals surface area contributed by atoms with Crippen LogP contribution in [0.15, 0.2) is 0 Å². The number of aliphatic hydroxyl groups excluding tert-OH is 12. The topological polar surface area (TPSA) is 294 Å². The van der Waals surface area contributed by atoms with Crippen molar-refractivity contribution in [3.8, 4) is 0 Å². The summed E-state index contributed by atoms with van der Waals surface area (Å²) >= 11 is 0. The zero-order chi connectivity index (χ0) is 24.4. The molecule has 0 aliphatic heterocycles. The van der Waals surface area contributed by atoms with Gasteiger partial charge in [-0.1, -0.05) is 0 Å². The first-order chi connectivity index (χ1) is 13.9. The van der Waals surface area contributed by atoms with Crippen molar-refractivity contribution < 1.29 is 75.7 Å². The average molecular weight is 450 g/mol. The standard InChI is InChI=1S/3C5H10O5/c3*6-1-3(8)5(10)4(9)2-7/h3*1,3-5,7-10H,2H2/t3-,4+,5+;3-,4-,5+;3-,4-,5-/m011/s1. The molecule has 0 aromatic rings. The van der Waals surface area contributed by atoms with Crippen LogP contribution >= 0.6 is 0 Å². The van der Waals surface area contributed by atoms with Crippen LogP contribution in [-0.4, -0.2) is 155 Å². The first kappa shape index (κ1) is 33.2. The lowest BCUT2D eigenvalue weighted by atomic mass is 10.1. The van der Waals surface area contributed by atoms with E-state index in [1.54, 1.807) is 0 Å². The first-order valence-electron chi connectivity index (χ1n) is 8.20. The monoisotopic (exact) mass is 450 g/mol. The fourth-order valence-corrected chi connectivity index (χ4v) is 1.25. The van der Waals surface area contributed by atoms with Crippen molar-refractivity contribution in [2.24, 2.45) is 0 Å². The normalized spacial score (nSPS) is 19.6. The van der Waals surface area contributed by atoms with E-state index in [0.29, 0.717) is 0 Å². The van der Waals surface area contributed by atoms with Crippen molar-refractivity contribution in [1.82, 2.24) is 0 Å². The van der Waals surface area contributed by atoms with Crippen LogP contribution in [0.25, 0.3) is 0 Å². The SMILES string of the molecule is O=C[C@@H](O)[C@@H](O)[C@H](O)CO.O=C[C@@H](O)[C@H](O)[C@H](O)CO.O=C[C@H](O)[C@@H](O)[C@H](O)CO. The summed E-state index contributed by atoms with van der Waals surface area (Å²) in [7, 11) is 0. The second kappa shape index (κ2) is 19.5. The molecule has 180 valence electrons. The average Bonchev–Trinajstić information content (AvgIpc) is 2.79. The Morgan fingerprint density at radius 3 is 0.700 bits per heavy atom. The summed E-state index contributed by atoms with van der Waals surface area (Å²) in [6, 6.07) is 0. The minimum atomic E-state index is -1.64. The minimum Gasteiger partial charge on any atom is -0.394 e. The highest BCUT2D eigenvalue weighted by molar-refractivity contribution is 5.57. The molecular formula is C15H30O15. The molecule has 0 unspecified atom stereocenters. The van der Waals surface area contributed by atoms with Gasteiger partial charge < -0.3 is 75.7 Å². The Morgan fingerprint density at radius 1 is 0.433 bits per heavy atom. The number of aliphatic hydroxyl groups is 12. The fraction of sp³-hybridized carbons (Fsp3) is 0.800. The van der Waals surface area contributed by atoms with E-state index in [2.05, 4.69) is 0 Å². The maximum Gasteiger partial charge on any atom is 0.151 e. The Hall–Kier alpha value is -1.47. The molecule has 0 saturated heterocycles. The molecule has 0 amide bonds. The lowest BCUT2D eigenvalue weighted by Crippen LogP contribution is -2.40. The van der Waals surface area contributed by atoms with E-state index in [1.807, 2.05) is 0 Å². The van der Waals surface area contributed by atoms with Crippen molar-refractivity contribution in [1.29, 1.82) is 0 Å². The van der Waals surface area contributed by atoms with Gasteiger partial charge >= 0.3 is 0 Å². The Balaban J connectivity index is -0.000000364. The second-order valence-electron chi connectivity index (χ2n) is 5.60. The molecule has 0 fully saturated rings. The molecule has 0 aromatic heterocycles. The molecule has 15 heteroatoms. The van der Waals surface area contributed by atoms with Gasteiger partial charge in [-0.25, -0.2) is 0 Å². The van der Waals surface area contributed by atoms with Gasteiger partial charge in [0.2, 0.25) is 0 Å². The Morgan fingerprint density at radius 2 is 0.600 bits per heavy atom. The molecule has 0 spiro atoms. The molecule has 0 aliphatic carbocycles. The molecule has 9 atom stereocenters. The number of carbonyl (C=O) groups is 3. The van der Waals surface area contributed by atoms with Gasteiger partial charge in [0.05, 0.1) is 19.8 Å². The molecule has 0 bridgehead atoms. The zero-order valence-corrected chi connectivity index (χ0v) is 15.6. The fourth-order valence-electron chi connectivity index (χ4n) is 1.25. The van der Waals surface area contributed by atoms with Crippen LogP contribution in [0.1, 0.15) is 0 Å².